The molecule has 0 saturated heterocycles. The van der Waals surface area contributed by atoms with Crippen LogP contribution >= 0.6 is 11.3 Å². The van der Waals surface area contributed by atoms with Gasteiger partial charge in [0.15, 0.2) is 5.13 Å². The summed E-state index contributed by atoms with van der Waals surface area (Å²) in [4.78, 5) is 34.0. The number of carbonyl (C=O) groups is 1. The zero-order valence-electron chi connectivity index (χ0n) is 13.9. The van der Waals surface area contributed by atoms with Crippen molar-refractivity contribution in [2.75, 3.05) is 5.32 Å². The van der Waals surface area contributed by atoms with Crippen molar-refractivity contribution in [2.24, 2.45) is 0 Å². The summed E-state index contributed by atoms with van der Waals surface area (Å²) in [5.74, 6) is -0.868. The zero-order valence-corrected chi connectivity index (χ0v) is 14.7. The predicted molar refractivity (Wildman–Crippen MR) is 101 cm³/mol. The smallest absolute Gasteiger partial charge is 0.270 e. The zero-order chi connectivity index (χ0) is 18.8. The number of rotatable bonds is 4. The van der Waals surface area contributed by atoms with Gasteiger partial charge < -0.3 is 0 Å². The van der Waals surface area contributed by atoms with Gasteiger partial charge in [0.2, 0.25) is 0 Å². The molecule has 0 bridgehead atoms. The summed E-state index contributed by atoms with van der Waals surface area (Å²) in [5.41, 5.74) is 0.759. The molecule has 0 aliphatic carbocycles. The summed E-state index contributed by atoms with van der Waals surface area (Å²) >= 11 is 1.27. The van der Waals surface area contributed by atoms with Crippen LogP contribution in [0.5, 0.6) is 0 Å². The maximum atomic E-state index is 13.3. The van der Waals surface area contributed by atoms with E-state index >= 15 is 0 Å². The molecule has 0 unspecified atom stereocenters. The number of aromatic nitrogens is 3. The van der Waals surface area contributed by atoms with E-state index in [1.807, 2.05) is 6.07 Å². The molecule has 4 rings (SSSR count). The molecule has 3 heterocycles. The van der Waals surface area contributed by atoms with E-state index in [-0.39, 0.29) is 11.4 Å². The molecule has 0 fully saturated rings. The van der Waals surface area contributed by atoms with Gasteiger partial charge in [-0.15, -0.1) is 11.3 Å². The molecule has 134 valence electrons. The lowest BCUT2D eigenvalue weighted by atomic mass is 10.1. The highest BCUT2D eigenvalue weighted by Gasteiger charge is 2.15. The van der Waals surface area contributed by atoms with Crippen LogP contribution in [0.3, 0.4) is 0 Å². The molecule has 8 heteroatoms. The molecule has 3 aromatic heterocycles. The van der Waals surface area contributed by atoms with E-state index in [9.17, 15) is 14.0 Å². The highest BCUT2D eigenvalue weighted by Crippen LogP contribution is 2.21. The molecule has 0 atom stereocenters. The first-order valence-corrected chi connectivity index (χ1v) is 8.89. The molecule has 1 N–H and O–H groups in total. The number of halogens is 1. The van der Waals surface area contributed by atoms with Gasteiger partial charge >= 0.3 is 0 Å². The van der Waals surface area contributed by atoms with Crippen molar-refractivity contribution in [2.45, 2.75) is 6.42 Å². The normalized spacial score (nSPS) is 10.9. The van der Waals surface area contributed by atoms with E-state index in [1.165, 1.54) is 34.1 Å². The largest absolute Gasteiger partial charge is 0.298 e. The van der Waals surface area contributed by atoms with E-state index in [4.69, 9.17) is 0 Å². The number of pyridine rings is 1. The monoisotopic (exact) mass is 380 g/mol. The number of nitrogens with one attached hydrogen (secondary N) is 1. The predicted octanol–water partition coefficient (Wildman–Crippen LogP) is 3.13. The van der Waals surface area contributed by atoms with E-state index in [1.54, 1.807) is 36.7 Å². The van der Waals surface area contributed by atoms with Gasteiger partial charge in [-0.05, 0) is 29.8 Å². The molecule has 27 heavy (non-hydrogen) atoms. The summed E-state index contributed by atoms with van der Waals surface area (Å²) in [5, 5.41) is 2.99. The molecule has 1 aromatic carbocycles. The van der Waals surface area contributed by atoms with Gasteiger partial charge in [0, 0.05) is 29.9 Å². The van der Waals surface area contributed by atoms with Crippen molar-refractivity contribution in [1.82, 2.24) is 14.4 Å². The highest BCUT2D eigenvalue weighted by atomic mass is 32.1. The lowest BCUT2D eigenvalue weighted by Gasteiger charge is -2.03. The van der Waals surface area contributed by atoms with Gasteiger partial charge in [-0.25, -0.2) is 14.4 Å². The Labute approximate surface area is 157 Å². The van der Waals surface area contributed by atoms with Crippen LogP contribution in [0.4, 0.5) is 9.52 Å². The number of thiazole rings is 1. The molecule has 0 saturated carbocycles. The Balaban J connectivity index is 1.53. The Bertz CT molecular complexity index is 1200. The van der Waals surface area contributed by atoms with Gasteiger partial charge in [-0.2, -0.15) is 0 Å². The minimum absolute atomic E-state index is 0.0689. The van der Waals surface area contributed by atoms with Gasteiger partial charge in [-0.1, -0.05) is 18.2 Å². The van der Waals surface area contributed by atoms with Crippen LogP contribution in [-0.4, -0.2) is 20.3 Å². The van der Waals surface area contributed by atoms with Crippen LogP contribution in [-0.2, 0) is 6.42 Å². The van der Waals surface area contributed by atoms with Crippen molar-refractivity contribution >= 4 is 28.0 Å². The second-order valence-corrected chi connectivity index (χ2v) is 6.91. The molecule has 6 nitrogen and oxygen atoms in total. The van der Waals surface area contributed by atoms with E-state index in [2.05, 4.69) is 15.3 Å². The first-order valence-electron chi connectivity index (χ1n) is 8.07. The Hall–Kier alpha value is -3.39. The fraction of sp³-hybridized carbons (Fsp3) is 0.0526. The molecular weight excluding hydrogens is 367 g/mol. The van der Waals surface area contributed by atoms with Crippen LogP contribution < -0.4 is 10.9 Å². The van der Waals surface area contributed by atoms with Crippen molar-refractivity contribution in [3.63, 3.8) is 0 Å². The minimum atomic E-state index is -0.572. The molecule has 0 aliphatic rings. The van der Waals surface area contributed by atoms with Crippen molar-refractivity contribution in [1.29, 1.82) is 0 Å². The number of benzene rings is 1. The van der Waals surface area contributed by atoms with E-state index in [0.717, 1.165) is 10.4 Å². The van der Waals surface area contributed by atoms with Crippen molar-refractivity contribution in [3.8, 4) is 0 Å². The van der Waals surface area contributed by atoms with Crippen LogP contribution in [0.2, 0.25) is 0 Å². The topological polar surface area (TPSA) is 76.4 Å². The lowest BCUT2D eigenvalue weighted by molar-refractivity contribution is 0.102. The summed E-state index contributed by atoms with van der Waals surface area (Å²) < 4.78 is 14.6. The average Bonchev–Trinajstić information content (AvgIpc) is 3.09. The van der Waals surface area contributed by atoms with E-state index in [0.29, 0.717) is 17.2 Å². The van der Waals surface area contributed by atoms with Gasteiger partial charge in [0.1, 0.15) is 17.0 Å². The standard InChI is InChI=1S/C19H13FN4O2S/c20-13-5-3-4-12(8-13)9-14-10-22-19(27-14)23-17(25)15-11-21-16-6-1-2-7-24(16)18(15)26/h1-8,10-11H,9H2,(H,22,23,25). The van der Waals surface area contributed by atoms with Crippen LogP contribution in [0.15, 0.2) is 65.8 Å². The molecule has 0 radical (unpaired) electrons. The van der Waals surface area contributed by atoms with Crippen molar-refractivity contribution < 1.29 is 9.18 Å². The van der Waals surface area contributed by atoms with Gasteiger partial charge in [0.05, 0.1) is 0 Å². The number of carbonyl (C=O) groups excluding carboxylic acids is 1. The summed E-state index contributed by atoms with van der Waals surface area (Å²) in [6.07, 6.45) is 4.94. The minimum Gasteiger partial charge on any atom is -0.298 e. The fourth-order valence-electron chi connectivity index (χ4n) is 2.64. The number of nitrogens with zero attached hydrogens (tertiary/aromatic N) is 3. The number of hydrogen-bond donors (Lipinski definition) is 1. The van der Waals surface area contributed by atoms with Crippen LogP contribution in [0.25, 0.3) is 5.65 Å². The van der Waals surface area contributed by atoms with Crippen molar-refractivity contribution in [3.05, 3.63) is 93.2 Å². The Morgan fingerprint density at radius 1 is 1.15 bits per heavy atom. The fourth-order valence-corrected chi connectivity index (χ4v) is 3.48. The maximum Gasteiger partial charge on any atom is 0.270 e. The second kappa shape index (κ2) is 7.08. The highest BCUT2D eigenvalue weighted by molar-refractivity contribution is 7.15. The van der Waals surface area contributed by atoms with Crippen LogP contribution in [0.1, 0.15) is 20.8 Å². The van der Waals surface area contributed by atoms with Gasteiger partial charge in [0.25, 0.3) is 11.5 Å². The number of anilines is 1. The van der Waals surface area contributed by atoms with Gasteiger partial charge in [-0.3, -0.25) is 19.3 Å². The number of hydrogen-bond acceptors (Lipinski definition) is 5. The molecule has 1 amide bonds. The maximum absolute atomic E-state index is 13.3. The lowest BCUT2D eigenvalue weighted by Crippen LogP contribution is -2.26. The second-order valence-electron chi connectivity index (χ2n) is 5.80. The van der Waals surface area contributed by atoms with Crippen LogP contribution in [0, 0.1) is 5.82 Å². The summed E-state index contributed by atoms with van der Waals surface area (Å²) in [6.45, 7) is 0. The van der Waals surface area contributed by atoms with E-state index < -0.39 is 11.5 Å². The Morgan fingerprint density at radius 2 is 2.04 bits per heavy atom. The number of amides is 1. The third kappa shape index (κ3) is 3.61. The average molecular weight is 380 g/mol. The quantitative estimate of drug-likeness (QED) is 0.590. The summed E-state index contributed by atoms with van der Waals surface area (Å²) in [6, 6.07) is 11.5. The molecule has 0 aliphatic heterocycles. The number of fused-ring (bicyclic) bond motifs is 1. The first-order chi connectivity index (χ1) is 13.1. The first kappa shape index (κ1) is 17.0. The summed E-state index contributed by atoms with van der Waals surface area (Å²) in [7, 11) is 0. The molecule has 4 aromatic rings. The SMILES string of the molecule is O=C(Nc1ncc(Cc2cccc(F)c2)s1)c1cnc2ccccn2c1=O. The molecular formula is C19H13FN4O2S. The third-order valence-electron chi connectivity index (χ3n) is 3.90. The molecule has 0 spiro atoms. The Morgan fingerprint density at radius 3 is 2.89 bits per heavy atom. The third-order valence-corrected chi connectivity index (χ3v) is 4.81. The Kier molecular flexibility index (Phi) is 4.47.